The molecule has 1 heterocycles. The summed E-state index contributed by atoms with van der Waals surface area (Å²) in [5, 5.41) is 3.03. The van der Waals surface area contributed by atoms with Crippen LogP contribution in [0.4, 0.5) is 5.69 Å². The van der Waals surface area contributed by atoms with Crippen molar-refractivity contribution in [3.05, 3.63) is 48.7 Å². The second kappa shape index (κ2) is 4.46. The summed E-state index contributed by atoms with van der Waals surface area (Å²) in [5.74, 6) is 1.37. The molecule has 76 valence electrons. The van der Waals surface area contributed by atoms with Gasteiger partial charge in [0.05, 0.1) is 5.69 Å². The first-order valence-electron chi connectivity index (χ1n) is 4.76. The highest BCUT2D eigenvalue weighted by Gasteiger charge is 2.02. The van der Waals surface area contributed by atoms with E-state index >= 15 is 0 Å². The first-order chi connectivity index (χ1) is 7.40. The first-order valence-corrected chi connectivity index (χ1v) is 4.76. The molecule has 0 fully saturated rings. The van der Waals surface area contributed by atoms with Gasteiger partial charge in [-0.2, -0.15) is 0 Å². The number of hydrogen-bond acceptors (Lipinski definition) is 3. The molecule has 0 aliphatic carbocycles. The van der Waals surface area contributed by atoms with Gasteiger partial charge in [0.1, 0.15) is 5.75 Å². The zero-order chi connectivity index (χ0) is 10.5. The van der Waals surface area contributed by atoms with Crippen molar-refractivity contribution in [2.75, 3.05) is 12.4 Å². The molecule has 0 saturated carbocycles. The SMILES string of the molecule is CNc1cccnc1Oc1ccccc1. The van der Waals surface area contributed by atoms with Gasteiger partial charge in [0.25, 0.3) is 0 Å². The minimum atomic E-state index is 0.589. The number of pyridine rings is 1. The summed E-state index contributed by atoms with van der Waals surface area (Å²) in [7, 11) is 1.84. The van der Waals surface area contributed by atoms with Crippen LogP contribution >= 0.6 is 0 Å². The summed E-state index contributed by atoms with van der Waals surface area (Å²) in [4.78, 5) is 4.16. The molecule has 0 saturated heterocycles. The summed E-state index contributed by atoms with van der Waals surface area (Å²) < 4.78 is 5.63. The lowest BCUT2D eigenvalue weighted by molar-refractivity contribution is 0.465. The molecule has 1 aromatic carbocycles. The Kier molecular flexibility index (Phi) is 2.83. The second-order valence-corrected chi connectivity index (χ2v) is 3.02. The van der Waals surface area contributed by atoms with Gasteiger partial charge < -0.3 is 10.1 Å². The van der Waals surface area contributed by atoms with Gasteiger partial charge in [-0.05, 0) is 24.3 Å². The van der Waals surface area contributed by atoms with Crippen molar-refractivity contribution in [1.29, 1.82) is 0 Å². The number of ether oxygens (including phenoxy) is 1. The fraction of sp³-hybridized carbons (Fsp3) is 0.0833. The maximum Gasteiger partial charge on any atom is 0.242 e. The topological polar surface area (TPSA) is 34.2 Å². The van der Waals surface area contributed by atoms with Crippen LogP contribution in [0, 0.1) is 0 Å². The van der Waals surface area contributed by atoms with Crippen LogP contribution in [0.3, 0.4) is 0 Å². The van der Waals surface area contributed by atoms with E-state index in [1.165, 1.54) is 0 Å². The lowest BCUT2D eigenvalue weighted by atomic mass is 10.3. The van der Waals surface area contributed by atoms with Gasteiger partial charge in [0, 0.05) is 13.2 Å². The van der Waals surface area contributed by atoms with Crippen LogP contribution in [0.25, 0.3) is 0 Å². The van der Waals surface area contributed by atoms with E-state index in [1.807, 2.05) is 49.5 Å². The molecular weight excluding hydrogens is 188 g/mol. The average Bonchev–Trinajstić information content (AvgIpc) is 2.31. The van der Waals surface area contributed by atoms with Crippen molar-refractivity contribution < 1.29 is 4.74 Å². The van der Waals surface area contributed by atoms with Crippen molar-refractivity contribution in [1.82, 2.24) is 4.98 Å². The molecule has 1 aromatic heterocycles. The van der Waals surface area contributed by atoms with Crippen LogP contribution in [0.5, 0.6) is 11.6 Å². The zero-order valence-corrected chi connectivity index (χ0v) is 8.47. The number of hydrogen-bond donors (Lipinski definition) is 1. The monoisotopic (exact) mass is 200 g/mol. The number of benzene rings is 1. The third-order valence-electron chi connectivity index (χ3n) is 2.00. The molecule has 0 spiro atoms. The smallest absolute Gasteiger partial charge is 0.242 e. The fourth-order valence-electron chi connectivity index (χ4n) is 1.26. The molecule has 0 aliphatic rings. The Bertz CT molecular complexity index is 429. The minimum Gasteiger partial charge on any atom is -0.437 e. The molecule has 2 rings (SSSR count). The highest BCUT2D eigenvalue weighted by atomic mass is 16.5. The molecule has 3 nitrogen and oxygen atoms in total. The van der Waals surface area contributed by atoms with Crippen molar-refractivity contribution in [2.45, 2.75) is 0 Å². The van der Waals surface area contributed by atoms with E-state index in [-0.39, 0.29) is 0 Å². The van der Waals surface area contributed by atoms with Crippen LogP contribution in [-0.4, -0.2) is 12.0 Å². The van der Waals surface area contributed by atoms with Crippen LogP contribution in [-0.2, 0) is 0 Å². The highest BCUT2D eigenvalue weighted by Crippen LogP contribution is 2.25. The molecule has 0 bridgehead atoms. The van der Waals surface area contributed by atoms with Gasteiger partial charge in [-0.25, -0.2) is 4.98 Å². The molecule has 15 heavy (non-hydrogen) atoms. The highest BCUT2D eigenvalue weighted by molar-refractivity contribution is 5.52. The Morgan fingerprint density at radius 2 is 1.87 bits per heavy atom. The van der Waals surface area contributed by atoms with Gasteiger partial charge in [0.15, 0.2) is 0 Å². The summed E-state index contributed by atoms with van der Waals surface area (Å²) >= 11 is 0. The minimum absolute atomic E-state index is 0.589. The Morgan fingerprint density at radius 1 is 1.07 bits per heavy atom. The summed E-state index contributed by atoms with van der Waals surface area (Å²) in [5.41, 5.74) is 0.876. The van der Waals surface area contributed by atoms with Gasteiger partial charge in [-0.3, -0.25) is 0 Å². The average molecular weight is 200 g/mol. The van der Waals surface area contributed by atoms with Crippen molar-refractivity contribution in [2.24, 2.45) is 0 Å². The quantitative estimate of drug-likeness (QED) is 0.827. The van der Waals surface area contributed by atoms with E-state index in [0.717, 1.165) is 11.4 Å². The largest absolute Gasteiger partial charge is 0.437 e. The van der Waals surface area contributed by atoms with E-state index in [2.05, 4.69) is 10.3 Å². The van der Waals surface area contributed by atoms with E-state index in [0.29, 0.717) is 5.88 Å². The van der Waals surface area contributed by atoms with E-state index in [9.17, 15) is 0 Å². The van der Waals surface area contributed by atoms with Crippen molar-refractivity contribution in [3.8, 4) is 11.6 Å². The molecule has 3 heteroatoms. The van der Waals surface area contributed by atoms with E-state index in [1.54, 1.807) is 6.20 Å². The standard InChI is InChI=1S/C12H12N2O/c1-13-11-8-5-9-14-12(11)15-10-6-3-2-4-7-10/h2-9,13H,1H3. The fourth-order valence-corrected chi connectivity index (χ4v) is 1.26. The second-order valence-electron chi connectivity index (χ2n) is 3.02. The van der Waals surface area contributed by atoms with Gasteiger partial charge in [-0.1, -0.05) is 18.2 Å². The zero-order valence-electron chi connectivity index (χ0n) is 8.47. The normalized spacial score (nSPS) is 9.67. The van der Waals surface area contributed by atoms with Gasteiger partial charge in [0.2, 0.25) is 5.88 Å². The van der Waals surface area contributed by atoms with Crippen LogP contribution in [0.15, 0.2) is 48.7 Å². The predicted octanol–water partition coefficient (Wildman–Crippen LogP) is 2.92. The third kappa shape index (κ3) is 2.26. The summed E-state index contributed by atoms with van der Waals surface area (Å²) in [6, 6.07) is 13.4. The molecule has 0 amide bonds. The molecule has 0 unspecified atom stereocenters. The van der Waals surface area contributed by atoms with Crippen LogP contribution < -0.4 is 10.1 Å². The predicted molar refractivity (Wildman–Crippen MR) is 60.3 cm³/mol. The van der Waals surface area contributed by atoms with Crippen molar-refractivity contribution in [3.63, 3.8) is 0 Å². The molecule has 2 aromatic rings. The van der Waals surface area contributed by atoms with E-state index < -0.39 is 0 Å². The summed E-state index contributed by atoms with van der Waals surface area (Å²) in [6.45, 7) is 0. The van der Waals surface area contributed by atoms with Crippen LogP contribution in [0.1, 0.15) is 0 Å². The number of nitrogens with zero attached hydrogens (tertiary/aromatic N) is 1. The Labute approximate surface area is 88.7 Å². The number of anilines is 1. The number of rotatable bonds is 3. The lowest BCUT2D eigenvalue weighted by Gasteiger charge is -2.08. The molecular formula is C12H12N2O. The number of nitrogens with one attached hydrogen (secondary N) is 1. The number of para-hydroxylation sites is 1. The Morgan fingerprint density at radius 3 is 2.60 bits per heavy atom. The molecule has 0 atom stereocenters. The van der Waals surface area contributed by atoms with Gasteiger partial charge >= 0.3 is 0 Å². The molecule has 0 aliphatic heterocycles. The Balaban J connectivity index is 2.24. The summed E-state index contributed by atoms with van der Waals surface area (Å²) in [6.07, 6.45) is 1.71. The Hall–Kier alpha value is -2.03. The molecule has 1 N–H and O–H groups in total. The third-order valence-corrected chi connectivity index (χ3v) is 2.00. The molecule has 0 radical (unpaired) electrons. The lowest BCUT2D eigenvalue weighted by Crippen LogP contribution is -1.94. The maximum atomic E-state index is 5.63. The van der Waals surface area contributed by atoms with Crippen LogP contribution in [0.2, 0.25) is 0 Å². The number of aromatic nitrogens is 1. The maximum absolute atomic E-state index is 5.63. The van der Waals surface area contributed by atoms with Crippen molar-refractivity contribution >= 4 is 5.69 Å². The first kappa shape index (κ1) is 9.52. The van der Waals surface area contributed by atoms with E-state index in [4.69, 9.17) is 4.74 Å². The van der Waals surface area contributed by atoms with Gasteiger partial charge in [-0.15, -0.1) is 0 Å².